The van der Waals surface area contributed by atoms with Gasteiger partial charge in [0.2, 0.25) is 11.9 Å². The molecule has 0 aromatic carbocycles. The summed E-state index contributed by atoms with van der Waals surface area (Å²) in [5.41, 5.74) is 1.02. The number of nitrogens with zero attached hydrogens (tertiary/aromatic N) is 3. The molecular weight excluding hydrogens is 369 g/mol. The quantitative estimate of drug-likeness (QED) is 0.785. The minimum absolute atomic E-state index is 0.0201. The number of rotatable bonds is 6. The average Bonchev–Trinajstić information content (AvgIpc) is 3.11. The standard InChI is InChI=1S/C18H24FN5O2S/c1-10-5-16(20-4)21-7-14(10)26-13-6-11(2)24(8-13)9-15-17(19)23-18(27-15)22-12(3)25/h5,7,11,13H,6,8-9H2,1-4H3,(H,20,21)(H,22,23,25). The van der Waals surface area contributed by atoms with Crippen molar-refractivity contribution in [3.8, 4) is 5.75 Å². The molecule has 0 saturated carbocycles. The smallest absolute Gasteiger partial charge is 0.230 e. The molecule has 1 aliphatic rings. The number of amides is 1. The molecule has 1 saturated heterocycles. The summed E-state index contributed by atoms with van der Waals surface area (Å²) in [6.07, 6.45) is 2.61. The van der Waals surface area contributed by atoms with Crippen LogP contribution < -0.4 is 15.4 Å². The normalized spacial score (nSPS) is 19.9. The summed E-state index contributed by atoms with van der Waals surface area (Å²) in [5.74, 6) is 0.788. The van der Waals surface area contributed by atoms with Crippen molar-refractivity contribution < 1.29 is 13.9 Å². The number of halogens is 1. The summed E-state index contributed by atoms with van der Waals surface area (Å²) in [4.78, 5) is 21.9. The van der Waals surface area contributed by atoms with Gasteiger partial charge in [0, 0.05) is 39.5 Å². The first-order valence-electron chi connectivity index (χ1n) is 8.83. The van der Waals surface area contributed by atoms with Gasteiger partial charge in [-0.2, -0.15) is 9.37 Å². The lowest BCUT2D eigenvalue weighted by Gasteiger charge is -2.19. The number of pyridine rings is 1. The van der Waals surface area contributed by atoms with Crippen LogP contribution in [-0.4, -0.2) is 46.5 Å². The summed E-state index contributed by atoms with van der Waals surface area (Å²) < 4.78 is 20.2. The van der Waals surface area contributed by atoms with E-state index in [1.54, 1.807) is 6.20 Å². The lowest BCUT2D eigenvalue weighted by Crippen LogP contribution is -2.28. The Morgan fingerprint density at radius 2 is 2.30 bits per heavy atom. The molecule has 0 radical (unpaired) electrons. The zero-order chi connectivity index (χ0) is 19.6. The molecule has 2 N–H and O–H groups in total. The third-order valence-electron chi connectivity index (χ3n) is 4.56. The molecule has 2 aromatic rings. The average molecular weight is 393 g/mol. The summed E-state index contributed by atoms with van der Waals surface area (Å²) in [7, 11) is 1.83. The van der Waals surface area contributed by atoms with Gasteiger partial charge < -0.3 is 15.4 Å². The van der Waals surface area contributed by atoms with Gasteiger partial charge >= 0.3 is 0 Å². The molecule has 7 nitrogen and oxygen atoms in total. The fourth-order valence-corrected chi connectivity index (χ4v) is 4.07. The number of thiazole rings is 1. The maximum absolute atomic E-state index is 14.1. The predicted molar refractivity (Wildman–Crippen MR) is 104 cm³/mol. The molecule has 0 spiro atoms. The number of aromatic nitrogens is 2. The van der Waals surface area contributed by atoms with E-state index in [0.29, 0.717) is 23.1 Å². The molecule has 1 fully saturated rings. The molecule has 1 aliphatic heterocycles. The van der Waals surface area contributed by atoms with Gasteiger partial charge in [-0.15, -0.1) is 0 Å². The van der Waals surface area contributed by atoms with Gasteiger partial charge in [0.15, 0.2) is 5.13 Å². The molecule has 3 rings (SSSR count). The third-order valence-corrected chi connectivity index (χ3v) is 5.49. The molecule has 3 heterocycles. The number of nitrogens with one attached hydrogen (secondary N) is 2. The number of ether oxygens (including phenoxy) is 1. The van der Waals surface area contributed by atoms with Gasteiger partial charge in [0.25, 0.3) is 0 Å². The van der Waals surface area contributed by atoms with Crippen LogP contribution in [0.4, 0.5) is 15.3 Å². The van der Waals surface area contributed by atoms with Gasteiger partial charge in [0.05, 0.1) is 11.1 Å². The Kier molecular flexibility index (Phi) is 5.91. The maximum Gasteiger partial charge on any atom is 0.230 e. The Morgan fingerprint density at radius 1 is 1.52 bits per heavy atom. The van der Waals surface area contributed by atoms with Crippen LogP contribution >= 0.6 is 11.3 Å². The van der Waals surface area contributed by atoms with Crippen molar-refractivity contribution in [3.63, 3.8) is 0 Å². The van der Waals surface area contributed by atoms with Crippen molar-refractivity contribution in [1.82, 2.24) is 14.9 Å². The fraction of sp³-hybridized carbons (Fsp3) is 0.500. The van der Waals surface area contributed by atoms with E-state index in [1.165, 1.54) is 18.3 Å². The Balaban J connectivity index is 1.63. The highest BCUT2D eigenvalue weighted by Gasteiger charge is 2.32. The molecule has 2 atom stereocenters. The second-order valence-corrected chi connectivity index (χ2v) is 7.84. The van der Waals surface area contributed by atoms with E-state index in [0.717, 1.165) is 23.6 Å². The minimum atomic E-state index is -0.525. The van der Waals surface area contributed by atoms with Crippen molar-refractivity contribution in [2.24, 2.45) is 0 Å². The van der Waals surface area contributed by atoms with Crippen LogP contribution in [0.25, 0.3) is 0 Å². The lowest BCUT2D eigenvalue weighted by molar-refractivity contribution is -0.114. The number of anilines is 2. The van der Waals surface area contributed by atoms with E-state index in [9.17, 15) is 9.18 Å². The van der Waals surface area contributed by atoms with Crippen molar-refractivity contribution in [3.05, 3.63) is 28.7 Å². The number of carbonyl (C=O) groups excluding carboxylic acids is 1. The summed E-state index contributed by atoms with van der Waals surface area (Å²) in [6.45, 7) is 6.61. The van der Waals surface area contributed by atoms with Crippen molar-refractivity contribution in [1.29, 1.82) is 0 Å². The molecule has 9 heteroatoms. The largest absolute Gasteiger partial charge is 0.487 e. The van der Waals surface area contributed by atoms with E-state index in [4.69, 9.17) is 4.74 Å². The fourth-order valence-electron chi connectivity index (χ4n) is 3.15. The van der Waals surface area contributed by atoms with Gasteiger partial charge in [-0.3, -0.25) is 9.69 Å². The second-order valence-electron chi connectivity index (χ2n) is 6.75. The zero-order valence-corrected chi connectivity index (χ0v) is 16.7. The second kappa shape index (κ2) is 8.18. The Hall–Kier alpha value is -2.26. The molecular formula is C18H24FN5O2S. The van der Waals surface area contributed by atoms with Crippen LogP contribution in [0, 0.1) is 12.9 Å². The minimum Gasteiger partial charge on any atom is -0.487 e. The number of aryl methyl sites for hydroxylation is 1. The van der Waals surface area contributed by atoms with E-state index in [-0.39, 0.29) is 18.1 Å². The molecule has 2 aromatic heterocycles. The number of hydrogen-bond donors (Lipinski definition) is 2. The molecule has 27 heavy (non-hydrogen) atoms. The summed E-state index contributed by atoms with van der Waals surface area (Å²) in [5, 5.41) is 5.83. The zero-order valence-electron chi connectivity index (χ0n) is 15.9. The van der Waals surface area contributed by atoms with Gasteiger partial charge in [-0.1, -0.05) is 11.3 Å². The highest BCUT2D eigenvalue weighted by molar-refractivity contribution is 7.15. The molecule has 0 bridgehead atoms. The molecule has 146 valence electrons. The van der Waals surface area contributed by atoms with Crippen molar-refractivity contribution in [2.75, 3.05) is 24.2 Å². The lowest BCUT2D eigenvalue weighted by atomic mass is 10.2. The van der Waals surface area contributed by atoms with Gasteiger partial charge in [0.1, 0.15) is 17.7 Å². The topological polar surface area (TPSA) is 79.4 Å². The molecule has 0 aliphatic carbocycles. The Labute approximate surface area is 162 Å². The van der Waals surface area contributed by atoms with Crippen LogP contribution in [0.2, 0.25) is 0 Å². The Morgan fingerprint density at radius 3 is 2.96 bits per heavy atom. The highest BCUT2D eigenvalue weighted by Crippen LogP contribution is 2.29. The van der Waals surface area contributed by atoms with Crippen LogP contribution in [0.3, 0.4) is 0 Å². The number of likely N-dealkylation sites (tertiary alicyclic amines) is 1. The maximum atomic E-state index is 14.1. The van der Waals surface area contributed by atoms with E-state index in [1.807, 2.05) is 20.0 Å². The van der Waals surface area contributed by atoms with Crippen LogP contribution in [0.1, 0.15) is 30.7 Å². The first-order valence-corrected chi connectivity index (χ1v) is 9.65. The van der Waals surface area contributed by atoms with E-state index < -0.39 is 5.95 Å². The van der Waals surface area contributed by atoms with Crippen LogP contribution in [0.5, 0.6) is 5.75 Å². The van der Waals surface area contributed by atoms with Gasteiger partial charge in [-0.25, -0.2) is 4.98 Å². The van der Waals surface area contributed by atoms with E-state index >= 15 is 0 Å². The Bertz CT molecular complexity index is 828. The third kappa shape index (κ3) is 4.72. The highest BCUT2D eigenvalue weighted by atomic mass is 32.1. The first-order chi connectivity index (χ1) is 12.9. The first kappa shape index (κ1) is 19.5. The van der Waals surface area contributed by atoms with E-state index in [2.05, 4.69) is 32.4 Å². The van der Waals surface area contributed by atoms with Crippen LogP contribution in [0.15, 0.2) is 12.3 Å². The van der Waals surface area contributed by atoms with Crippen LogP contribution in [-0.2, 0) is 11.3 Å². The van der Waals surface area contributed by atoms with Crippen molar-refractivity contribution in [2.45, 2.75) is 45.9 Å². The number of carbonyl (C=O) groups is 1. The molecule has 1 amide bonds. The SMILES string of the molecule is CNc1cc(C)c(OC2CC(C)N(Cc3sc(NC(C)=O)nc3F)C2)cn1. The van der Waals surface area contributed by atoms with Gasteiger partial charge in [-0.05, 0) is 25.5 Å². The summed E-state index contributed by atoms with van der Waals surface area (Å²) in [6, 6.07) is 2.20. The summed E-state index contributed by atoms with van der Waals surface area (Å²) >= 11 is 1.17. The number of hydrogen-bond acceptors (Lipinski definition) is 7. The van der Waals surface area contributed by atoms with Crippen molar-refractivity contribution >= 4 is 28.2 Å². The predicted octanol–water partition coefficient (Wildman–Crippen LogP) is 3.03. The molecule has 2 unspecified atom stereocenters. The monoisotopic (exact) mass is 393 g/mol.